The van der Waals surface area contributed by atoms with Crippen LogP contribution < -0.4 is 4.74 Å². The molecule has 0 saturated heterocycles. The van der Waals surface area contributed by atoms with E-state index in [0.717, 1.165) is 30.0 Å². The minimum Gasteiger partial charge on any atom is -0.494 e. The molecule has 106 valence electrons. The van der Waals surface area contributed by atoms with Crippen molar-refractivity contribution >= 4 is 17.6 Å². The Morgan fingerprint density at radius 3 is 2.33 bits per heavy atom. The summed E-state index contributed by atoms with van der Waals surface area (Å²) >= 11 is 0. The molecule has 2 rings (SSSR count). The predicted molar refractivity (Wildman–Crippen MR) is 84.7 cm³/mol. The van der Waals surface area contributed by atoms with E-state index in [4.69, 9.17) is 10.3 Å². The molecule has 2 aromatic rings. The Hall–Kier alpha value is -2.78. The molecular weight excluding hydrogens is 264 g/mol. The Labute approximate surface area is 123 Å². The number of nitrogens with zero attached hydrogens (tertiary/aromatic N) is 4. The second kappa shape index (κ2) is 7.72. The van der Waals surface area contributed by atoms with Crippen LogP contribution in [0, 0.1) is 0 Å². The molecule has 0 heterocycles. The zero-order valence-corrected chi connectivity index (χ0v) is 11.8. The molecule has 0 aliphatic rings. The summed E-state index contributed by atoms with van der Waals surface area (Å²) in [6.45, 7) is 2.80. The van der Waals surface area contributed by atoms with E-state index in [1.54, 1.807) is 18.3 Å². The van der Waals surface area contributed by atoms with Crippen LogP contribution in [0.4, 0.5) is 11.4 Å². The predicted octanol–water partition coefficient (Wildman–Crippen LogP) is 5.17. The van der Waals surface area contributed by atoms with Crippen molar-refractivity contribution < 1.29 is 4.74 Å². The maximum Gasteiger partial charge on any atom is 0.119 e. The molecule has 0 unspecified atom stereocenters. The van der Waals surface area contributed by atoms with Gasteiger partial charge in [0.1, 0.15) is 5.75 Å². The number of ether oxygens (including phenoxy) is 1. The smallest absolute Gasteiger partial charge is 0.119 e. The zero-order valence-electron chi connectivity index (χ0n) is 11.8. The molecule has 0 N–H and O–H groups in total. The lowest BCUT2D eigenvalue weighted by Crippen LogP contribution is -1.93. The number of benzene rings is 2. The summed E-state index contributed by atoms with van der Waals surface area (Å²) in [6, 6.07) is 14.9. The molecular formula is C16H16N4O. The molecule has 0 aromatic heterocycles. The molecule has 0 atom stereocenters. The van der Waals surface area contributed by atoms with Gasteiger partial charge >= 0.3 is 0 Å². The minimum atomic E-state index is 0.590. The minimum absolute atomic E-state index is 0.590. The first-order valence-corrected chi connectivity index (χ1v) is 6.74. The summed E-state index contributed by atoms with van der Waals surface area (Å²) in [5.41, 5.74) is 10.7. The fourth-order valence-electron chi connectivity index (χ4n) is 1.68. The van der Waals surface area contributed by atoms with Crippen LogP contribution in [0.3, 0.4) is 0 Å². The lowest BCUT2D eigenvalue weighted by Gasteiger charge is -2.03. The van der Waals surface area contributed by atoms with Crippen molar-refractivity contribution in [2.24, 2.45) is 10.1 Å². The van der Waals surface area contributed by atoms with E-state index in [1.165, 1.54) is 0 Å². The molecule has 21 heavy (non-hydrogen) atoms. The zero-order chi connectivity index (χ0) is 14.9. The first-order chi connectivity index (χ1) is 10.3. The van der Waals surface area contributed by atoms with Crippen molar-refractivity contribution in [1.82, 2.24) is 0 Å². The van der Waals surface area contributed by atoms with E-state index in [9.17, 15) is 0 Å². The molecule has 5 nitrogen and oxygen atoms in total. The van der Waals surface area contributed by atoms with Crippen LogP contribution >= 0.6 is 0 Å². The van der Waals surface area contributed by atoms with Gasteiger partial charge in [-0.25, -0.2) is 0 Å². The third-order valence-electron chi connectivity index (χ3n) is 2.73. The van der Waals surface area contributed by atoms with Gasteiger partial charge < -0.3 is 4.74 Å². The normalized spacial score (nSPS) is 10.3. The largest absolute Gasteiger partial charge is 0.494 e. The van der Waals surface area contributed by atoms with Gasteiger partial charge in [0, 0.05) is 16.8 Å². The maximum atomic E-state index is 8.34. The summed E-state index contributed by atoms with van der Waals surface area (Å²) in [6.07, 6.45) is 2.76. The Bertz CT molecular complexity index is 641. The van der Waals surface area contributed by atoms with E-state index < -0.39 is 0 Å². The Kier molecular flexibility index (Phi) is 5.38. The SMILES string of the molecule is CCCOc1ccc(N=Cc2ccc(N=[N+]=[N-])cc2)cc1. The Morgan fingerprint density at radius 2 is 1.71 bits per heavy atom. The van der Waals surface area contributed by atoms with Crippen LogP contribution in [-0.4, -0.2) is 12.8 Å². The number of aliphatic imine (C=N–C) groups is 1. The second-order valence-electron chi connectivity index (χ2n) is 4.38. The van der Waals surface area contributed by atoms with E-state index in [0.29, 0.717) is 5.69 Å². The van der Waals surface area contributed by atoms with E-state index in [-0.39, 0.29) is 0 Å². The Balaban J connectivity index is 2.01. The fraction of sp³-hybridized carbons (Fsp3) is 0.188. The van der Waals surface area contributed by atoms with Crippen molar-refractivity contribution in [1.29, 1.82) is 0 Å². The fourth-order valence-corrected chi connectivity index (χ4v) is 1.68. The van der Waals surface area contributed by atoms with E-state index >= 15 is 0 Å². The third kappa shape index (κ3) is 4.67. The average Bonchev–Trinajstić information content (AvgIpc) is 2.53. The number of hydrogen-bond acceptors (Lipinski definition) is 3. The van der Waals surface area contributed by atoms with Crippen molar-refractivity contribution in [3.05, 3.63) is 64.5 Å². The highest BCUT2D eigenvalue weighted by molar-refractivity contribution is 5.82. The van der Waals surface area contributed by atoms with Gasteiger partial charge in [-0.3, -0.25) is 4.99 Å². The molecule has 0 radical (unpaired) electrons. The van der Waals surface area contributed by atoms with E-state index in [2.05, 4.69) is 21.9 Å². The molecule has 2 aromatic carbocycles. The molecule has 0 amide bonds. The number of azide groups is 1. The highest BCUT2D eigenvalue weighted by Gasteiger charge is 1.94. The molecule has 0 fully saturated rings. The van der Waals surface area contributed by atoms with Gasteiger partial charge in [0.2, 0.25) is 0 Å². The first kappa shape index (κ1) is 14.6. The molecule has 0 spiro atoms. The van der Waals surface area contributed by atoms with Crippen molar-refractivity contribution in [3.8, 4) is 5.75 Å². The third-order valence-corrected chi connectivity index (χ3v) is 2.73. The summed E-state index contributed by atoms with van der Waals surface area (Å²) in [4.78, 5) is 7.13. The van der Waals surface area contributed by atoms with Gasteiger partial charge in [0.15, 0.2) is 0 Å². The highest BCUT2D eigenvalue weighted by atomic mass is 16.5. The molecule has 0 aliphatic carbocycles. The lowest BCUT2D eigenvalue weighted by molar-refractivity contribution is 0.317. The Morgan fingerprint density at radius 1 is 1.05 bits per heavy atom. The van der Waals surface area contributed by atoms with Gasteiger partial charge in [0.25, 0.3) is 0 Å². The highest BCUT2D eigenvalue weighted by Crippen LogP contribution is 2.18. The van der Waals surface area contributed by atoms with Crippen LogP contribution in [0.1, 0.15) is 18.9 Å². The van der Waals surface area contributed by atoms with Crippen LogP contribution in [0.25, 0.3) is 10.4 Å². The van der Waals surface area contributed by atoms with Crippen LogP contribution in [0.15, 0.2) is 58.6 Å². The molecule has 5 heteroatoms. The van der Waals surface area contributed by atoms with Crippen molar-refractivity contribution in [2.75, 3.05) is 6.61 Å². The summed E-state index contributed by atoms with van der Waals surface area (Å²) in [5.74, 6) is 0.856. The van der Waals surface area contributed by atoms with Crippen LogP contribution in [-0.2, 0) is 0 Å². The second-order valence-corrected chi connectivity index (χ2v) is 4.38. The monoisotopic (exact) mass is 280 g/mol. The standard InChI is InChI=1S/C16H16N4O/c1-2-11-21-16-9-7-14(8-10-16)18-12-13-3-5-15(6-4-13)19-20-17/h3-10,12H,2,11H2,1H3. The van der Waals surface area contributed by atoms with Crippen molar-refractivity contribution in [2.45, 2.75) is 13.3 Å². The van der Waals surface area contributed by atoms with Crippen molar-refractivity contribution in [3.63, 3.8) is 0 Å². The molecule has 0 aliphatic heterocycles. The van der Waals surface area contributed by atoms with Gasteiger partial charge in [0.05, 0.1) is 12.3 Å². The topological polar surface area (TPSA) is 70.4 Å². The molecule has 0 bridgehead atoms. The summed E-state index contributed by atoms with van der Waals surface area (Å²) in [5, 5.41) is 3.52. The summed E-state index contributed by atoms with van der Waals surface area (Å²) in [7, 11) is 0. The maximum absolute atomic E-state index is 8.34. The van der Waals surface area contributed by atoms with Crippen LogP contribution in [0.5, 0.6) is 5.75 Å². The van der Waals surface area contributed by atoms with Gasteiger partial charge in [-0.15, -0.1) is 0 Å². The van der Waals surface area contributed by atoms with Crippen LogP contribution in [0.2, 0.25) is 0 Å². The molecule has 0 saturated carbocycles. The quantitative estimate of drug-likeness (QED) is 0.311. The van der Waals surface area contributed by atoms with Gasteiger partial charge in [-0.1, -0.05) is 36.3 Å². The van der Waals surface area contributed by atoms with Gasteiger partial charge in [-0.2, -0.15) is 0 Å². The summed E-state index contributed by atoms with van der Waals surface area (Å²) < 4.78 is 5.52. The van der Waals surface area contributed by atoms with Gasteiger partial charge in [-0.05, 0) is 41.8 Å². The first-order valence-electron chi connectivity index (χ1n) is 6.74. The average molecular weight is 280 g/mol. The lowest BCUT2D eigenvalue weighted by atomic mass is 10.2. The van der Waals surface area contributed by atoms with E-state index in [1.807, 2.05) is 36.4 Å². The number of hydrogen-bond donors (Lipinski definition) is 0. The number of rotatable bonds is 6.